The number of unbranched alkanes of at least 4 members (excludes halogenated alkanes) is 1. The fraction of sp³-hybridized carbons (Fsp3) is 1.00. The van der Waals surface area contributed by atoms with Crippen LogP contribution in [0.5, 0.6) is 0 Å². The first-order chi connectivity index (χ1) is 7.80. The molecule has 1 rings (SSSR count). The number of rotatable bonds is 8. The van der Waals surface area contributed by atoms with Gasteiger partial charge in [0.05, 0.1) is 0 Å². The summed E-state index contributed by atoms with van der Waals surface area (Å²) in [5.74, 6) is 2.64. The van der Waals surface area contributed by atoms with E-state index < -0.39 is 0 Å². The molecule has 2 heteroatoms. The lowest BCUT2D eigenvalue weighted by Crippen LogP contribution is -2.27. The summed E-state index contributed by atoms with van der Waals surface area (Å²) in [4.78, 5) is 2.67. The molecule has 2 atom stereocenters. The molecule has 0 bridgehead atoms. The third kappa shape index (κ3) is 5.05. The highest BCUT2D eigenvalue weighted by atomic mass is 35.5. The molecule has 0 amide bonds. The molecule has 1 saturated heterocycles. The van der Waals surface area contributed by atoms with Gasteiger partial charge in [0, 0.05) is 19.0 Å². The second kappa shape index (κ2) is 8.36. The molecule has 0 radical (unpaired) electrons. The van der Waals surface area contributed by atoms with E-state index >= 15 is 0 Å². The summed E-state index contributed by atoms with van der Waals surface area (Å²) >= 11 is 5.81. The monoisotopic (exact) mass is 245 g/mol. The number of hydrogen-bond donors (Lipinski definition) is 0. The fourth-order valence-electron chi connectivity index (χ4n) is 2.75. The summed E-state index contributed by atoms with van der Waals surface area (Å²) in [6, 6.07) is 0. The highest BCUT2D eigenvalue weighted by Crippen LogP contribution is 2.23. The van der Waals surface area contributed by atoms with Crippen LogP contribution in [0.25, 0.3) is 0 Å². The second-order valence-corrected chi connectivity index (χ2v) is 5.69. The smallest absolute Gasteiger partial charge is 0.0226 e. The van der Waals surface area contributed by atoms with Crippen LogP contribution in [0.2, 0.25) is 0 Å². The van der Waals surface area contributed by atoms with Crippen LogP contribution >= 0.6 is 11.6 Å². The number of hydrogen-bond acceptors (Lipinski definition) is 1. The van der Waals surface area contributed by atoms with Crippen molar-refractivity contribution in [3.63, 3.8) is 0 Å². The van der Waals surface area contributed by atoms with E-state index in [2.05, 4.69) is 18.7 Å². The molecule has 1 aliphatic rings. The van der Waals surface area contributed by atoms with Crippen LogP contribution in [0, 0.1) is 11.8 Å². The van der Waals surface area contributed by atoms with E-state index in [4.69, 9.17) is 11.6 Å². The summed E-state index contributed by atoms with van der Waals surface area (Å²) < 4.78 is 0. The average Bonchev–Trinajstić information content (AvgIpc) is 2.72. The maximum Gasteiger partial charge on any atom is 0.0226 e. The Morgan fingerprint density at radius 1 is 1.38 bits per heavy atom. The summed E-state index contributed by atoms with van der Waals surface area (Å²) in [5.41, 5.74) is 0. The maximum absolute atomic E-state index is 5.81. The third-order valence-corrected chi connectivity index (χ3v) is 4.17. The molecule has 0 spiro atoms. The molecule has 96 valence electrons. The van der Waals surface area contributed by atoms with Crippen molar-refractivity contribution in [3.05, 3.63) is 0 Å². The van der Waals surface area contributed by atoms with Gasteiger partial charge in [-0.3, -0.25) is 0 Å². The molecule has 1 aliphatic heterocycles. The molecule has 0 aromatic heterocycles. The Morgan fingerprint density at radius 2 is 2.19 bits per heavy atom. The average molecular weight is 246 g/mol. The molecule has 2 unspecified atom stereocenters. The predicted octanol–water partition coefficient (Wildman–Crippen LogP) is 4.15. The normalized spacial score (nSPS) is 23.8. The summed E-state index contributed by atoms with van der Waals surface area (Å²) in [6.45, 7) is 8.57. The van der Waals surface area contributed by atoms with Gasteiger partial charge in [-0.2, -0.15) is 0 Å². The molecule has 16 heavy (non-hydrogen) atoms. The van der Waals surface area contributed by atoms with Gasteiger partial charge in [0.1, 0.15) is 0 Å². The van der Waals surface area contributed by atoms with Gasteiger partial charge in [0.25, 0.3) is 0 Å². The highest BCUT2D eigenvalue weighted by molar-refractivity contribution is 6.17. The minimum absolute atomic E-state index is 0.839. The lowest BCUT2D eigenvalue weighted by molar-refractivity contribution is 0.252. The Kier molecular flexibility index (Phi) is 7.47. The minimum Gasteiger partial charge on any atom is -0.303 e. The standard InChI is InChI=1S/C14H28ClN/c1-3-5-6-13(4-2)11-16-10-8-14(12-16)7-9-15/h13-14H,3-12H2,1-2H3. The minimum atomic E-state index is 0.839. The number of nitrogens with zero attached hydrogens (tertiary/aromatic N) is 1. The van der Waals surface area contributed by atoms with Gasteiger partial charge in [-0.05, 0) is 37.6 Å². The maximum atomic E-state index is 5.81. The second-order valence-electron chi connectivity index (χ2n) is 5.31. The van der Waals surface area contributed by atoms with Crippen LogP contribution in [-0.2, 0) is 0 Å². The van der Waals surface area contributed by atoms with E-state index in [0.29, 0.717) is 0 Å². The van der Waals surface area contributed by atoms with Gasteiger partial charge in [0.2, 0.25) is 0 Å². The fourth-order valence-corrected chi connectivity index (χ4v) is 3.06. The van der Waals surface area contributed by atoms with Gasteiger partial charge in [0.15, 0.2) is 0 Å². The van der Waals surface area contributed by atoms with Crippen LogP contribution in [0.3, 0.4) is 0 Å². The summed E-state index contributed by atoms with van der Waals surface area (Å²) in [7, 11) is 0. The largest absolute Gasteiger partial charge is 0.303 e. The van der Waals surface area contributed by atoms with Gasteiger partial charge in [-0.1, -0.05) is 33.1 Å². The Morgan fingerprint density at radius 3 is 2.81 bits per heavy atom. The third-order valence-electron chi connectivity index (χ3n) is 3.95. The van der Waals surface area contributed by atoms with Crippen molar-refractivity contribution in [2.24, 2.45) is 11.8 Å². The van der Waals surface area contributed by atoms with Crippen LogP contribution in [0.4, 0.5) is 0 Å². The zero-order chi connectivity index (χ0) is 11.8. The van der Waals surface area contributed by atoms with E-state index in [-0.39, 0.29) is 0 Å². The molecule has 0 N–H and O–H groups in total. The van der Waals surface area contributed by atoms with Crippen LogP contribution in [0.1, 0.15) is 52.4 Å². The Hall–Kier alpha value is 0.250. The lowest BCUT2D eigenvalue weighted by atomic mass is 9.99. The molecule has 0 aromatic rings. The summed E-state index contributed by atoms with van der Waals surface area (Å²) in [6.07, 6.45) is 8.09. The van der Waals surface area contributed by atoms with Gasteiger partial charge in [-0.15, -0.1) is 11.6 Å². The Balaban J connectivity index is 2.20. The molecule has 1 nitrogen and oxygen atoms in total. The SMILES string of the molecule is CCCCC(CC)CN1CCC(CCCl)C1. The first-order valence-corrected chi connectivity index (χ1v) is 7.61. The lowest BCUT2D eigenvalue weighted by Gasteiger charge is -2.22. The quantitative estimate of drug-likeness (QED) is 0.581. The molecule has 0 aliphatic carbocycles. The predicted molar refractivity (Wildman–Crippen MR) is 73.2 cm³/mol. The van der Waals surface area contributed by atoms with Crippen molar-refractivity contribution in [2.45, 2.75) is 52.4 Å². The molecular formula is C14H28ClN. The van der Waals surface area contributed by atoms with Crippen molar-refractivity contribution in [1.29, 1.82) is 0 Å². The molecule has 1 heterocycles. The summed E-state index contributed by atoms with van der Waals surface area (Å²) in [5, 5.41) is 0. The number of halogens is 1. The molecule has 0 saturated carbocycles. The highest BCUT2D eigenvalue weighted by Gasteiger charge is 2.23. The van der Waals surface area contributed by atoms with Gasteiger partial charge >= 0.3 is 0 Å². The molecule has 0 aromatic carbocycles. The topological polar surface area (TPSA) is 3.24 Å². The van der Waals surface area contributed by atoms with E-state index in [1.54, 1.807) is 0 Å². The molecule has 1 fully saturated rings. The van der Waals surface area contributed by atoms with E-state index in [1.807, 2.05) is 0 Å². The van der Waals surface area contributed by atoms with E-state index in [9.17, 15) is 0 Å². The number of likely N-dealkylation sites (tertiary alicyclic amines) is 1. The van der Waals surface area contributed by atoms with Crippen molar-refractivity contribution >= 4 is 11.6 Å². The number of alkyl halides is 1. The Bertz CT molecular complexity index is 172. The first kappa shape index (κ1) is 14.3. The Labute approximate surface area is 107 Å². The first-order valence-electron chi connectivity index (χ1n) is 7.08. The van der Waals surface area contributed by atoms with E-state index in [1.165, 1.54) is 58.2 Å². The van der Waals surface area contributed by atoms with Crippen LogP contribution < -0.4 is 0 Å². The van der Waals surface area contributed by atoms with Crippen molar-refractivity contribution in [1.82, 2.24) is 4.90 Å². The van der Waals surface area contributed by atoms with Crippen molar-refractivity contribution < 1.29 is 0 Å². The van der Waals surface area contributed by atoms with E-state index in [0.717, 1.165) is 17.7 Å². The molecular weight excluding hydrogens is 218 g/mol. The van der Waals surface area contributed by atoms with Crippen LogP contribution in [0.15, 0.2) is 0 Å². The van der Waals surface area contributed by atoms with Gasteiger partial charge < -0.3 is 4.90 Å². The zero-order valence-electron chi connectivity index (χ0n) is 11.1. The van der Waals surface area contributed by atoms with Gasteiger partial charge in [-0.25, -0.2) is 0 Å². The van der Waals surface area contributed by atoms with Crippen LogP contribution in [-0.4, -0.2) is 30.4 Å². The van der Waals surface area contributed by atoms with Crippen molar-refractivity contribution in [3.8, 4) is 0 Å². The van der Waals surface area contributed by atoms with Crippen molar-refractivity contribution in [2.75, 3.05) is 25.5 Å². The zero-order valence-corrected chi connectivity index (χ0v) is 11.8.